The van der Waals surface area contributed by atoms with Crippen molar-refractivity contribution in [1.82, 2.24) is 5.32 Å². The van der Waals surface area contributed by atoms with E-state index < -0.39 is 0 Å². The molecular weight excluding hydrogens is 198 g/mol. The van der Waals surface area contributed by atoms with E-state index in [1.165, 1.54) is 11.8 Å². The fraction of sp³-hybridized carbons (Fsp3) is 0.700. The normalized spacial score (nSPS) is 14.1. The van der Waals surface area contributed by atoms with Crippen LogP contribution < -0.4 is 5.32 Å². The molecule has 0 aromatic heterocycles. The van der Waals surface area contributed by atoms with Crippen LogP contribution in [-0.4, -0.2) is 35.2 Å². The standard InChI is InChI=1S/C10H17NO2S/c1-4-5-11-10(13)9(3)14-7-8(2)6-12/h1,8-9,12H,5-7H2,2-3H3,(H,11,13). The van der Waals surface area contributed by atoms with E-state index in [2.05, 4.69) is 11.2 Å². The van der Waals surface area contributed by atoms with E-state index in [-0.39, 0.29) is 30.2 Å². The maximum Gasteiger partial charge on any atom is 0.233 e. The van der Waals surface area contributed by atoms with E-state index in [1.807, 2.05) is 13.8 Å². The monoisotopic (exact) mass is 215 g/mol. The van der Waals surface area contributed by atoms with E-state index in [1.54, 1.807) is 0 Å². The Labute approximate surface area is 89.7 Å². The molecule has 0 fully saturated rings. The Balaban J connectivity index is 3.68. The maximum absolute atomic E-state index is 11.3. The lowest BCUT2D eigenvalue weighted by atomic mass is 10.2. The molecule has 3 nitrogen and oxygen atoms in total. The molecule has 0 spiro atoms. The first-order chi connectivity index (χ1) is 6.61. The highest BCUT2D eigenvalue weighted by molar-refractivity contribution is 8.00. The Morgan fingerprint density at radius 2 is 2.29 bits per heavy atom. The topological polar surface area (TPSA) is 49.3 Å². The number of rotatable bonds is 6. The summed E-state index contributed by atoms with van der Waals surface area (Å²) in [4.78, 5) is 11.3. The summed E-state index contributed by atoms with van der Waals surface area (Å²) in [5.41, 5.74) is 0. The lowest BCUT2D eigenvalue weighted by molar-refractivity contribution is -0.120. The van der Waals surface area contributed by atoms with Crippen LogP contribution >= 0.6 is 11.8 Å². The summed E-state index contributed by atoms with van der Waals surface area (Å²) >= 11 is 1.53. The van der Waals surface area contributed by atoms with Gasteiger partial charge in [-0.05, 0) is 18.6 Å². The Hall–Kier alpha value is -0.660. The minimum Gasteiger partial charge on any atom is -0.396 e. The average molecular weight is 215 g/mol. The number of terminal acetylenes is 1. The number of nitrogens with one attached hydrogen (secondary N) is 1. The summed E-state index contributed by atoms with van der Waals surface area (Å²) in [5, 5.41) is 11.3. The lowest BCUT2D eigenvalue weighted by Gasteiger charge is -2.12. The number of amides is 1. The summed E-state index contributed by atoms with van der Waals surface area (Å²) in [6.07, 6.45) is 5.02. The molecule has 0 aliphatic rings. The predicted molar refractivity (Wildman–Crippen MR) is 60.0 cm³/mol. The highest BCUT2D eigenvalue weighted by Gasteiger charge is 2.13. The zero-order chi connectivity index (χ0) is 11.0. The second-order valence-corrected chi connectivity index (χ2v) is 4.56. The van der Waals surface area contributed by atoms with E-state index in [4.69, 9.17) is 11.5 Å². The number of thioether (sulfide) groups is 1. The van der Waals surface area contributed by atoms with Crippen LogP contribution in [0.4, 0.5) is 0 Å². The summed E-state index contributed by atoms with van der Waals surface area (Å²) in [7, 11) is 0. The van der Waals surface area contributed by atoms with E-state index in [0.717, 1.165) is 5.75 Å². The van der Waals surface area contributed by atoms with E-state index in [0.29, 0.717) is 0 Å². The van der Waals surface area contributed by atoms with Crippen molar-refractivity contribution in [2.75, 3.05) is 18.9 Å². The number of hydrogen-bond donors (Lipinski definition) is 2. The number of aliphatic hydroxyl groups excluding tert-OH is 1. The molecule has 4 heteroatoms. The average Bonchev–Trinajstić information content (AvgIpc) is 2.21. The van der Waals surface area contributed by atoms with Crippen molar-refractivity contribution in [1.29, 1.82) is 0 Å². The molecule has 80 valence electrons. The van der Waals surface area contributed by atoms with Crippen LogP contribution in [0.15, 0.2) is 0 Å². The summed E-state index contributed by atoms with van der Waals surface area (Å²) in [5.74, 6) is 3.31. The van der Waals surface area contributed by atoms with Gasteiger partial charge in [0.05, 0.1) is 11.8 Å². The van der Waals surface area contributed by atoms with Gasteiger partial charge in [0.2, 0.25) is 5.91 Å². The maximum atomic E-state index is 11.3. The Kier molecular flexibility index (Phi) is 7.35. The number of hydrogen-bond acceptors (Lipinski definition) is 3. The second-order valence-electron chi connectivity index (χ2n) is 3.19. The van der Waals surface area contributed by atoms with Crippen LogP contribution in [0.1, 0.15) is 13.8 Å². The van der Waals surface area contributed by atoms with E-state index in [9.17, 15) is 4.79 Å². The Morgan fingerprint density at radius 1 is 1.64 bits per heavy atom. The van der Waals surface area contributed by atoms with Gasteiger partial charge in [-0.25, -0.2) is 0 Å². The highest BCUT2D eigenvalue weighted by atomic mass is 32.2. The first-order valence-electron chi connectivity index (χ1n) is 4.55. The SMILES string of the molecule is C#CCNC(=O)C(C)SCC(C)CO. The molecular formula is C10H17NO2S. The fourth-order valence-electron chi connectivity index (χ4n) is 0.719. The molecule has 0 saturated heterocycles. The zero-order valence-electron chi connectivity index (χ0n) is 8.62. The van der Waals surface area contributed by atoms with Gasteiger partial charge in [-0.1, -0.05) is 12.8 Å². The van der Waals surface area contributed by atoms with Crippen LogP contribution in [0.3, 0.4) is 0 Å². The molecule has 0 heterocycles. The Morgan fingerprint density at radius 3 is 2.79 bits per heavy atom. The van der Waals surface area contributed by atoms with Gasteiger partial charge in [0.1, 0.15) is 0 Å². The van der Waals surface area contributed by atoms with Gasteiger partial charge < -0.3 is 10.4 Å². The summed E-state index contributed by atoms with van der Waals surface area (Å²) < 4.78 is 0. The molecule has 0 radical (unpaired) electrons. The molecule has 0 bridgehead atoms. The minimum atomic E-state index is -0.114. The van der Waals surface area contributed by atoms with Crippen LogP contribution in [-0.2, 0) is 4.79 Å². The first-order valence-corrected chi connectivity index (χ1v) is 5.60. The first kappa shape index (κ1) is 13.3. The molecule has 2 atom stereocenters. The lowest BCUT2D eigenvalue weighted by Crippen LogP contribution is -2.31. The molecule has 0 aromatic rings. The third-order valence-corrected chi connectivity index (χ3v) is 3.15. The highest BCUT2D eigenvalue weighted by Crippen LogP contribution is 2.14. The second kappa shape index (κ2) is 7.72. The molecule has 0 aromatic carbocycles. The van der Waals surface area contributed by atoms with Crippen molar-refractivity contribution in [3.05, 3.63) is 0 Å². The zero-order valence-corrected chi connectivity index (χ0v) is 9.43. The largest absolute Gasteiger partial charge is 0.396 e. The molecule has 0 rings (SSSR count). The molecule has 0 aliphatic carbocycles. The number of carbonyl (C=O) groups is 1. The smallest absolute Gasteiger partial charge is 0.233 e. The fourth-order valence-corrected chi connectivity index (χ4v) is 1.68. The predicted octanol–water partition coefficient (Wildman–Crippen LogP) is 0.486. The van der Waals surface area contributed by atoms with Crippen molar-refractivity contribution in [2.45, 2.75) is 19.1 Å². The summed E-state index contributed by atoms with van der Waals surface area (Å²) in [6, 6.07) is 0. The van der Waals surface area contributed by atoms with Gasteiger partial charge in [0.25, 0.3) is 0 Å². The van der Waals surface area contributed by atoms with Crippen LogP contribution in [0.25, 0.3) is 0 Å². The van der Waals surface area contributed by atoms with Crippen LogP contribution in [0.5, 0.6) is 0 Å². The quantitative estimate of drug-likeness (QED) is 0.634. The van der Waals surface area contributed by atoms with Crippen molar-refractivity contribution < 1.29 is 9.90 Å². The van der Waals surface area contributed by atoms with Gasteiger partial charge in [0, 0.05) is 6.61 Å². The third-order valence-electron chi connectivity index (χ3n) is 1.68. The Bertz CT molecular complexity index is 213. The molecule has 2 N–H and O–H groups in total. The molecule has 14 heavy (non-hydrogen) atoms. The molecule has 0 aliphatic heterocycles. The molecule has 0 saturated carbocycles. The number of aliphatic hydroxyl groups is 1. The van der Waals surface area contributed by atoms with Gasteiger partial charge in [-0.15, -0.1) is 18.2 Å². The van der Waals surface area contributed by atoms with Crippen LogP contribution in [0, 0.1) is 18.3 Å². The molecule has 2 unspecified atom stereocenters. The summed E-state index contributed by atoms with van der Waals surface area (Å²) in [6.45, 7) is 4.21. The van der Waals surface area contributed by atoms with Gasteiger partial charge in [-0.2, -0.15) is 0 Å². The molecule has 1 amide bonds. The van der Waals surface area contributed by atoms with Gasteiger partial charge >= 0.3 is 0 Å². The van der Waals surface area contributed by atoms with Gasteiger partial charge in [-0.3, -0.25) is 4.79 Å². The minimum absolute atomic E-state index is 0.0434. The van der Waals surface area contributed by atoms with Crippen molar-refractivity contribution >= 4 is 17.7 Å². The van der Waals surface area contributed by atoms with Gasteiger partial charge in [0.15, 0.2) is 0 Å². The van der Waals surface area contributed by atoms with Crippen molar-refractivity contribution in [2.24, 2.45) is 5.92 Å². The van der Waals surface area contributed by atoms with Crippen molar-refractivity contribution in [3.8, 4) is 12.3 Å². The van der Waals surface area contributed by atoms with Crippen LogP contribution in [0.2, 0.25) is 0 Å². The van der Waals surface area contributed by atoms with Crippen molar-refractivity contribution in [3.63, 3.8) is 0 Å². The number of carbonyl (C=O) groups excluding carboxylic acids is 1. The van der Waals surface area contributed by atoms with E-state index >= 15 is 0 Å². The third kappa shape index (κ3) is 5.90.